The third-order valence-corrected chi connectivity index (χ3v) is 4.49. The molecule has 0 heterocycles. The Kier molecular flexibility index (Phi) is 6.87. The van der Waals surface area contributed by atoms with Crippen molar-refractivity contribution in [2.24, 2.45) is 11.7 Å². The minimum Gasteiger partial charge on any atom is -0.371 e. The van der Waals surface area contributed by atoms with Crippen molar-refractivity contribution >= 4 is 21.6 Å². The molecular weight excluding hydrogens is 300 g/mol. The average Bonchev–Trinajstić information content (AvgIpc) is 2.41. The summed E-state index contributed by atoms with van der Waals surface area (Å²) in [5.74, 6) is 0.764. The van der Waals surface area contributed by atoms with Gasteiger partial charge in [0, 0.05) is 23.6 Å². The molecule has 0 unspecified atom stereocenters. The highest BCUT2D eigenvalue weighted by Crippen LogP contribution is 2.30. The summed E-state index contributed by atoms with van der Waals surface area (Å²) < 4.78 is 1.15. The number of hydrogen-bond donors (Lipinski definition) is 1. The van der Waals surface area contributed by atoms with Crippen LogP contribution in [-0.2, 0) is 0 Å². The van der Waals surface area contributed by atoms with E-state index in [1.807, 2.05) is 6.92 Å². The predicted octanol–water partition coefficient (Wildman–Crippen LogP) is 4.73. The molecule has 19 heavy (non-hydrogen) atoms. The smallest absolute Gasteiger partial charge is 0.0510 e. The van der Waals surface area contributed by atoms with Crippen molar-refractivity contribution in [2.75, 3.05) is 18.0 Å². The molecule has 2 nitrogen and oxygen atoms in total. The minimum absolute atomic E-state index is 0.0828. The highest BCUT2D eigenvalue weighted by molar-refractivity contribution is 9.10. The summed E-state index contributed by atoms with van der Waals surface area (Å²) in [6.45, 7) is 10.9. The van der Waals surface area contributed by atoms with Crippen LogP contribution < -0.4 is 10.6 Å². The summed E-state index contributed by atoms with van der Waals surface area (Å²) in [6.07, 6.45) is 2.48. The van der Waals surface area contributed by atoms with Gasteiger partial charge in [0.25, 0.3) is 0 Å². The Morgan fingerprint density at radius 1 is 1.21 bits per heavy atom. The van der Waals surface area contributed by atoms with E-state index in [0.29, 0.717) is 0 Å². The molecule has 1 rings (SSSR count). The van der Waals surface area contributed by atoms with Gasteiger partial charge in [0.2, 0.25) is 0 Å². The van der Waals surface area contributed by atoms with E-state index < -0.39 is 0 Å². The Morgan fingerprint density at radius 2 is 1.84 bits per heavy atom. The number of anilines is 1. The van der Waals surface area contributed by atoms with E-state index in [0.717, 1.165) is 23.5 Å². The SMILES string of the molecule is CCC(CC)CN(CC)c1ccc([C@@H](C)N)cc1Br. The van der Waals surface area contributed by atoms with Gasteiger partial charge in [0.1, 0.15) is 0 Å². The molecule has 0 aromatic heterocycles. The van der Waals surface area contributed by atoms with Crippen molar-refractivity contribution in [1.29, 1.82) is 0 Å². The molecule has 0 radical (unpaired) electrons. The van der Waals surface area contributed by atoms with Crippen LogP contribution in [0.25, 0.3) is 0 Å². The first kappa shape index (κ1) is 16.5. The van der Waals surface area contributed by atoms with Gasteiger partial charge in [-0.15, -0.1) is 0 Å². The van der Waals surface area contributed by atoms with E-state index in [9.17, 15) is 0 Å². The second kappa shape index (κ2) is 7.91. The fraction of sp³-hybridized carbons (Fsp3) is 0.625. The minimum atomic E-state index is 0.0828. The lowest BCUT2D eigenvalue weighted by molar-refractivity contribution is 0.486. The maximum atomic E-state index is 5.93. The predicted molar refractivity (Wildman–Crippen MR) is 88.7 cm³/mol. The molecule has 0 amide bonds. The maximum absolute atomic E-state index is 5.93. The van der Waals surface area contributed by atoms with Crippen LogP contribution in [0.1, 0.15) is 52.1 Å². The van der Waals surface area contributed by atoms with Crippen LogP contribution in [0, 0.1) is 5.92 Å². The van der Waals surface area contributed by atoms with E-state index in [1.165, 1.54) is 24.1 Å². The van der Waals surface area contributed by atoms with Crippen LogP contribution in [0.3, 0.4) is 0 Å². The number of benzene rings is 1. The zero-order valence-corrected chi connectivity index (χ0v) is 14.2. The van der Waals surface area contributed by atoms with E-state index in [1.54, 1.807) is 0 Å². The molecule has 0 aliphatic heterocycles. The Labute approximate surface area is 126 Å². The van der Waals surface area contributed by atoms with Crippen LogP contribution in [0.15, 0.2) is 22.7 Å². The van der Waals surface area contributed by atoms with E-state index in [2.05, 4.69) is 59.8 Å². The summed E-state index contributed by atoms with van der Waals surface area (Å²) in [6, 6.07) is 6.56. The van der Waals surface area contributed by atoms with Gasteiger partial charge in [-0.05, 0) is 53.4 Å². The highest BCUT2D eigenvalue weighted by atomic mass is 79.9. The van der Waals surface area contributed by atoms with Gasteiger partial charge in [0.15, 0.2) is 0 Å². The lowest BCUT2D eigenvalue weighted by Gasteiger charge is -2.28. The topological polar surface area (TPSA) is 29.3 Å². The number of halogens is 1. The molecule has 0 spiro atoms. The molecular formula is C16H27BrN2. The molecule has 0 saturated heterocycles. The van der Waals surface area contributed by atoms with Gasteiger partial charge in [-0.25, -0.2) is 0 Å². The fourth-order valence-electron chi connectivity index (χ4n) is 2.32. The van der Waals surface area contributed by atoms with Crippen molar-refractivity contribution < 1.29 is 0 Å². The quantitative estimate of drug-likeness (QED) is 0.784. The summed E-state index contributed by atoms with van der Waals surface area (Å²) in [7, 11) is 0. The van der Waals surface area contributed by atoms with Gasteiger partial charge >= 0.3 is 0 Å². The molecule has 1 aromatic rings. The average molecular weight is 327 g/mol. The number of hydrogen-bond acceptors (Lipinski definition) is 2. The summed E-state index contributed by atoms with van der Waals surface area (Å²) >= 11 is 3.69. The van der Waals surface area contributed by atoms with Gasteiger partial charge < -0.3 is 10.6 Å². The van der Waals surface area contributed by atoms with E-state index >= 15 is 0 Å². The summed E-state index contributed by atoms with van der Waals surface area (Å²) in [5, 5.41) is 0. The third kappa shape index (κ3) is 4.50. The van der Waals surface area contributed by atoms with Gasteiger partial charge in [-0.1, -0.05) is 32.8 Å². The molecule has 108 valence electrons. The van der Waals surface area contributed by atoms with Crippen molar-refractivity contribution in [2.45, 2.75) is 46.6 Å². The monoisotopic (exact) mass is 326 g/mol. The van der Waals surface area contributed by atoms with Crippen LogP contribution in [0.4, 0.5) is 5.69 Å². The Bertz CT molecular complexity index is 386. The molecule has 1 aromatic carbocycles. The first-order valence-corrected chi connectivity index (χ1v) is 8.12. The number of nitrogens with two attached hydrogens (primary N) is 1. The summed E-state index contributed by atoms with van der Waals surface area (Å²) in [4.78, 5) is 2.45. The van der Waals surface area contributed by atoms with E-state index in [4.69, 9.17) is 5.73 Å². The van der Waals surface area contributed by atoms with Crippen molar-refractivity contribution in [3.05, 3.63) is 28.2 Å². The number of nitrogens with zero attached hydrogens (tertiary/aromatic N) is 1. The first-order valence-electron chi connectivity index (χ1n) is 7.33. The zero-order valence-electron chi connectivity index (χ0n) is 12.6. The van der Waals surface area contributed by atoms with Crippen molar-refractivity contribution in [3.8, 4) is 0 Å². The Balaban J connectivity index is 2.92. The molecule has 3 heteroatoms. The lowest BCUT2D eigenvalue weighted by atomic mass is 10.0. The molecule has 2 N–H and O–H groups in total. The number of rotatable bonds is 7. The molecule has 0 aliphatic carbocycles. The first-order chi connectivity index (χ1) is 9.03. The standard InChI is InChI=1S/C16H27BrN2/c1-5-13(6-2)11-19(7-3)16-9-8-14(12(4)18)10-15(16)17/h8-10,12-13H,5-7,11,18H2,1-4H3/t12-/m1/s1. The molecule has 0 fully saturated rings. The van der Waals surface area contributed by atoms with Crippen LogP contribution in [0.5, 0.6) is 0 Å². The molecule has 1 atom stereocenters. The van der Waals surface area contributed by atoms with Crippen molar-refractivity contribution in [3.63, 3.8) is 0 Å². The Hall–Kier alpha value is -0.540. The fourth-order valence-corrected chi connectivity index (χ4v) is 2.97. The van der Waals surface area contributed by atoms with Gasteiger partial charge in [-0.2, -0.15) is 0 Å². The lowest BCUT2D eigenvalue weighted by Crippen LogP contribution is -2.29. The highest BCUT2D eigenvalue weighted by Gasteiger charge is 2.14. The second-order valence-electron chi connectivity index (χ2n) is 5.22. The van der Waals surface area contributed by atoms with Crippen LogP contribution in [0.2, 0.25) is 0 Å². The normalized spacial score (nSPS) is 12.8. The zero-order chi connectivity index (χ0) is 14.4. The molecule has 0 saturated carbocycles. The third-order valence-electron chi connectivity index (χ3n) is 3.85. The van der Waals surface area contributed by atoms with Crippen molar-refractivity contribution in [1.82, 2.24) is 0 Å². The Morgan fingerprint density at radius 3 is 2.26 bits per heavy atom. The van der Waals surface area contributed by atoms with Gasteiger partial charge in [-0.3, -0.25) is 0 Å². The second-order valence-corrected chi connectivity index (χ2v) is 6.08. The molecule has 0 bridgehead atoms. The van der Waals surface area contributed by atoms with Crippen LogP contribution >= 0.6 is 15.9 Å². The van der Waals surface area contributed by atoms with Crippen LogP contribution in [-0.4, -0.2) is 13.1 Å². The maximum Gasteiger partial charge on any atom is 0.0510 e. The summed E-state index contributed by atoms with van der Waals surface area (Å²) in [5.41, 5.74) is 8.38. The van der Waals surface area contributed by atoms with Gasteiger partial charge in [0.05, 0.1) is 5.69 Å². The van der Waals surface area contributed by atoms with E-state index in [-0.39, 0.29) is 6.04 Å². The largest absolute Gasteiger partial charge is 0.371 e. The molecule has 0 aliphatic rings.